The Balaban J connectivity index is 1.87. The molecule has 1 saturated heterocycles. The first kappa shape index (κ1) is 23.1. The fraction of sp³-hybridized carbons (Fsp3) is 0.478. The van der Waals surface area contributed by atoms with Crippen molar-refractivity contribution in [3.8, 4) is 5.75 Å². The van der Waals surface area contributed by atoms with Crippen LogP contribution in [-0.4, -0.2) is 34.3 Å². The number of rotatable bonds is 7. The maximum Gasteiger partial charge on any atom is 0.254 e. The average Bonchev–Trinajstić information content (AvgIpc) is 3.07. The summed E-state index contributed by atoms with van der Waals surface area (Å²) in [6.07, 6.45) is 0.820. The van der Waals surface area contributed by atoms with Gasteiger partial charge in [0.2, 0.25) is 5.82 Å². The van der Waals surface area contributed by atoms with Gasteiger partial charge in [-0.15, -0.1) is 0 Å². The molecule has 0 spiro atoms. The molecule has 0 bridgehead atoms. The Morgan fingerprint density at radius 1 is 1.32 bits per heavy atom. The minimum atomic E-state index is -1.07. The molecule has 2 aromatic rings. The van der Waals surface area contributed by atoms with Gasteiger partial charge in [-0.2, -0.15) is 4.39 Å². The number of aromatic nitrogens is 1. The molecular formula is C23H28F2N2O4. The van der Waals surface area contributed by atoms with Gasteiger partial charge in [-0.1, -0.05) is 13.0 Å². The number of benzene rings is 1. The number of carbonyl (C=O) groups excluding carboxylic acids is 1. The van der Waals surface area contributed by atoms with E-state index < -0.39 is 41.3 Å². The Hall–Kier alpha value is -2.58. The second-order valence-corrected chi connectivity index (χ2v) is 8.21. The number of ether oxygens (including phenoxy) is 2. The van der Waals surface area contributed by atoms with Crippen molar-refractivity contribution in [2.45, 2.75) is 64.3 Å². The van der Waals surface area contributed by atoms with Gasteiger partial charge >= 0.3 is 0 Å². The van der Waals surface area contributed by atoms with Crippen LogP contribution < -0.4 is 10.1 Å². The number of nitrogens with zero attached hydrogens (tertiary/aromatic N) is 1. The number of aliphatic hydroxyl groups is 1. The van der Waals surface area contributed by atoms with Crippen molar-refractivity contribution in [2.75, 3.05) is 11.9 Å². The van der Waals surface area contributed by atoms with Crippen LogP contribution in [0.2, 0.25) is 0 Å². The SMILES string of the molecule is CCOc1c([C@@H]2CC(C)(C)O[C@H]2C(=O)Nc2ccc([C@H](O)CC)nc2)ccc(F)c1F. The van der Waals surface area contributed by atoms with E-state index in [9.17, 15) is 18.7 Å². The normalized spacial score (nSPS) is 21.0. The highest BCUT2D eigenvalue weighted by molar-refractivity contribution is 5.95. The van der Waals surface area contributed by atoms with Gasteiger partial charge in [0.05, 0.1) is 35.9 Å². The fourth-order valence-electron chi connectivity index (χ4n) is 3.85. The molecule has 2 N–H and O–H groups in total. The van der Waals surface area contributed by atoms with E-state index in [4.69, 9.17) is 9.47 Å². The maximum absolute atomic E-state index is 14.4. The van der Waals surface area contributed by atoms with Gasteiger partial charge in [-0.05, 0) is 51.8 Å². The molecule has 3 atom stereocenters. The van der Waals surface area contributed by atoms with Crippen LogP contribution in [0.5, 0.6) is 5.75 Å². The summed E-state index contributed by atoms with van der Waals surface area (Å²) in [4.78, 5) is 17.2. The molecule has 1 amide bonds. The van der Waals surface area contributed by atoms with Crippen molar-refractivity contribution in [1.82, 2.24) is 4.98 Å². The summed E-state index contributed by atoms with van der Waals surface area (Å²) in [6.45, 7) is 7.37. The third-order valence-corrected chi connectivity index (χ3v) is 5.33. The average molecular weight is 434 g/mol. The van der Waals surface area contributed by atoms with Gasteiger partial charge < -0.3 is 19.9 Å². The van der Waals surface area contributed by atoms with Crippen LogP contribution >= 0.6 is 0 Å². The first-order valence-electron chi connectivity index (χ1n) is 10.4. The van der Waals surface area contributed by atoms with E-state index in [-0.39, 0.29) is 12.4 Å². The summed E-state index contributed by atoms with van der Waals surface area (Å²) >= 11 is 0. The second kappa shape index (κ2) is 9.28. The smallest absolute Gasteiger partial charge is 0.254 e. The summed E-state index contributed by atoms with van der Waals surface area (Å²) in [6, 6.07) is 5.78. The lowest BCUT2D eigenvalue weighted by Crippen LogP contribution is -2.33. The van der Waals surface area contributed by atoms with Gasteiger partial charge in [-0.3, -0.25) is 9.78 Å². The van der Waals surface area contributed by atoms with Crippen LogP contribution in [-0.2, 0) is 9.53 Å². The van der Waals surface area contributed by atoms with Crippen LogP contribution in [0.15, 0.2) is 30.5 Å². The summed E-state index contributed by atoms with van der Waals surface area (Å²) in [7, 11) is 0. The van der Waals surface area contributed by atoms with Crippen LogP contribution in [0.3, 0.4) is 0 Å². The largest absolute Gasteiger partial charge is 0.490 e. The molecule has 0 saturated carbocycles. The number of hydrogen-bond donors (Lipinski definition) is 2. The number of anilines is 1. The third kappa shape index (κ3) is 5.02. The predicted molar refractivity (Wildman–Crippen MR) is 112 cm³/mol. The lowest BCUT2D eigenvalue weighted by Gasteiger charge is -2.21. The van der Waals surface area contributed by atoms with Crippen LogP contribution in [0.4, 0.5) is 14.5 Å². The molecule has 1 aliphatic heterocycles. The van der Waals surface area contributed by atoms with E-state index >= 15 is 0 Å². The lowest BCUT2D eigenvalue weighted by atomic mass is 9.86. The Kier molecular flexibility index (Phi) is 6.91. The molecule has 3 rings (SSSR count). The molecule has 0 unspecified atom stereocenters. The summed E-state index contributed by atoms with van der Waals surface area (Å²) in [5, 5.41) is 12.6. The second-order valence-electron chi connectivity index (χ2n) is 8.21. The van der Waals surface area contributed by atoms with Crippen molar-refractivity contribution in [3.05, 3.63) is 53.4 Å². The van der Waals surface area contributed by atoms with Gasteiger partial charge in [0.25, 0.3) is 5.91 Å². The zero-order valence-electron chi connectivity index (χ0n) is 18.1. The molecule has 8 heteroatoms. The molecule has 6 nitrogen and oxygen atoms in total. The van der Waals surface area contributed by atoms with E-state index in [0.29, 0.717) is 29.8 Å². The molecule has 1 fully saturated rings. The highest BCUT2D eigenvalue weighted by atomic mass is 19.2. The van der Waals surface area contributed by atoms with Gasteiger partial charge in [0.15, 0.2) is 11.6 Å². The molecule has 1 aromatic heterocycles. The van der Waals surface area contributed by atoms with Crippen LogP contribution in [0, 0.1) is 11.6 Å². The number of carbonyl (C=O) groups is 1. The molecule has 0 aliphatic carbocycles. The number of pyridine rings is 1. The fourth-order valence-corrected chi connectivity index (χ4v) is 3.85. The zero-order valence-corrected chi connectivity index (χ0v) is 18.1. The van der Waals surface area contributed by atoms with E-state index in [1.54, 1.807) is 19.1 Å². The zero-order chi connectivity index (χ0) is 22.8. The van der Waals surface area contributed by atoms with Crippen molar-refractivity contribution in [2.24, 2.45) is 0 Å². The van der Waals surface area contributed by atoms with Gasteiger partial charge in [0.1, 0.15) is 6.10 Å². The highest BCUT2D eigenvalue weighted by Gasteiger charge is 2.46. The van der Waals surface area contributed by atoms with E-state index in [0.717, 1.165) is 6.07 Å². The Bertz CT molecular complexity index is 934. The standard InChI is InChI=1S/C23H28F2N2O4/c1-5-18(28)17-10-7-13(12-26-17)27-22(29)21-15(11-23(3,4)31-21)14-8-9-16(24)19(25)20(14)30-6-2/h7-10,12,15,18,21,28H,5-6,11H2,1-4H3,(H,27,29)/t15-,18+,21+/m0/s1. The number of hydrogen-bond acceptors (Lipinski definition) is 5. The van der Waals surface area contributed by atoms with Crippen LogP contribution in [0.1, 0.15) is 63.8 Å². The predicted octanol–water partition coefficient (Wildman–Crippen LogP) is 4.49. The highest BCUT2D eigenvalue weighted by Crippen LogP contribution is 2.45. The molecule has 0 radical (unpaired) electrons. The molecule has 1 aromatic carbocycles. The van der Waals surface area contributed by atoms with Crippen LogP contribution in [0.25, 0.3) is 0 Å². The van der Waals surface area contributed by atoms with Gasteiger partial charge in [-0.25, -0.2) is 4.39 Å². The molecular weight excluding hydrogens is 406 g/mol. The van der Waals surface area contributed by atoms with E-state index in [1.165, 1.54) is 12.3 Å². The first-order chi connectivity index (χ1) is 14.7. The summed E-state index contributed by atoms with van der Waals surface area (Å²) in [5.74, 6) is -3.22. The monoisotopic (exact) mass is 434 g/mol. The lowest BCUT2D eigenvalue weighted by molar-refractivity contribution is -0.130. The van der Waals surface area contributed by atoms with Crippen molar-refractivity contribution in [3.63, 3.8) is 0 Å². The summed E-state index contributed by atoms with van der Waals surface area (Å²) < 4.78 is 39.6. The Morgan fingerprint density at radius 2 is 2.06 bits per heavy atom. The third-order valence-electron chi connectivity index (χ3n) is 5.33. The number of nitrogens with one attached hydrogen (secondary N) is 1. The number of amides is 1. The van der Waals surface area contributed by atoms with Crippen molar-refractivity contribution < 1.29 is 28.2 Å². The first-order valence-corrected chi connectivity index (χ1v) is 10.4. The molecule has 2 heterocycles. The minimum Gasteiger partial charge on any atom is -0.490 e. The Labute approximate surface area is 180 Å². The van der Waals surface area contributed by atoms with E-state index in [2.05, 4.69) is 10.3 Å². The van der Waals surface area contributed by atoms with Gasteiger partial charge in [0, 0.05) is 11.5 Å². The van der Waals surface area contributed by atoms with E-state index in [1.807, 2.05) is 20.8 Å². The molecule has 31 heavy (non-hydrogen) atoms. The summed E-state index contributed by atoms with van der Waals surface area (Å²) in [5.41, 5.74) is 0.708. The molecule has 168 valence electrons. The molecule has 1 aliphatic rings. The van der Waals surface area contributed by atoms with Crippen molar-refractivity contribution >= 4 is 11.6 Å². The number of halogens is 2. The quantitative estimate of drug-likeness (QED) is 0.671. The number of aliphatic hydroxyl groups excluding tert-OH is 1. The Morgan fingerprint density at radius 3 is 2.68 bits per heavy atom. The maximum atomic E-state index is 14.4. The minimum absolute atomic E-state index is 0.156. The van der Waals surface area contributed by atoms with Crippen molar-refractivity contribution in [1.29, 1.82) is 0 Å². The topological polar surface area (TPSA) is 80.7 Å².